The number of nitrogens with two attached hydrogens (primary N) is 2. The monoisotopic (exact) mass is 639 g/mol. The molecule has 2 heterocycles. The minimum atomic E-state index is -0.911. The Labute approximate surface area is 274 Å². The lowest BCUT2D eigenvalue weighted by Crippen LogP contribution is -2.38. The topological polar surface area (TPSA) is 151 Å². The molecule has 2 aromatic carbocycles. The van der Waals surface area contributed by atoms with E-state index in [1.165, 1.54) is 23.6 Å². The van der Waals surface area contributed by atoms with Crippen LogP contribution in [0.3, 0.4) is 0 Å². The Balaban J connectivity index is 1.36. The van der Waals surface area contributed by atoms with E-state index in [0.29, 0.717) is 34.8 Å². The van der Waals surface area contributed by atoms with Gasteiger partial charge in [-0.15, -0.1) is 0 Å². The van der Waals surface area contributed by atoms with Crippen LogP contribution in [0.5, 0.6) is 0 Å². The SMILES string of the molecule is CCCCCCOC(=O)N=C(N)c1cccc(-n2nc(C)cc2C(=O)Nc2cc(C(N)(CCC3CC3)c3cccnc3)ccc2F)c1. The van der Waals surface area contributed by atoms with Crippen molar-refractivity contribution in [2.75, 3.05) is 11.9 Å². The molecule has 47 heavy (non-hydrogen) atoms. The summed E-state index contributed by atoms with van der Waals surface area (Å²) in [6.45, 7) is 4.14. The first-order chi connectivity index (χ1) is 22.7. The molecule has 0 bridgehead atoms. The number of benzene rings is 2. The number of unbranched alkanes of at least 4 members (excludes halogenated alkanes) is 3. The van der Waals surface area contributed by atoms with Crippen LogP contribution < -0.4 is 16.8 Å². The van der Waals surface area contributed by atoms with Crippen LogP contribution in [0.4, 0.5) is 14.9 Å². The highest BCUT2D eigenvalue weighted by molar-refractivity contribution is 6.04. The maximum absolute atomic E-state index is 15.2. The first-order valence-corrected chi connectivity index (χ1v) is 16.2. The molecule has 246 valence electrons. The summed E-state index contributed by atoms with van der Waals surface area (Å²) in [5.74, 6) is -0.544. The van der Waals surface area contributed by atoms with E-state index in [9.17, 15) is 9.59 Å². The van der Waals surface area contributed by atoms with Crippen LogP contribution in [0.15, 0.2) is 78.0 Å². The van der Waals surface area contributed by atoms with Crippen LogP contribution >= 0.6 is 0 Å². The second-order valence-electron chi connectivity index (χ2n) is 12.1. The minimum absolute atomic E-state index is 0.00127. The molecule has 2 aromatic heterocycles. The molecular formula is C36H42FN7O3. The standard InChI is InChI=1S/C36H42FN7O3/c1-3-4-5-6-19-47-35(46)42-33(38)26-9-7-11-29(21-26)44-32(20-24(2)43-44)34(45)41-31-22-27(14-15-30(31)37)36(39,17-16-25-12-13-25)28-10-8-18-40-23-28/h7-11,14-15,18,20-23,25H,3-6,12-13,16-17,19,39H2,1-2H3,(H,41,45)(H2,38,42,46). The lowest BCUT2D eigenvalue weighted by Gasteiger charge is -2.31. The van der Waals surface area contributed by atoms with Crippen LogP contribution in [0, 0.1) is 18.7 Å². The average Bonchev–Trinajstić information content (AvgIpc) is 3.83. The molecule has 1 atom stereocenters. The third kappa shape index (κ3) is 8.48. The number of hydrogen-bond acceptors (Lipinski definition) is 6. The number of aliphatic imine (C=N–C) groups is 1. The number of hydrogen-bond donors (Lipinski definition) is 3. The highest BCUT2D eigenvalue weighted by Crippen LogP contribution is 2.40. The highest BCUT2D eigenvalue weighted by Gasteiger charge is 2.34. The van der Waals surface area contributed by atoms with E-state index in [4.69, 9.17) is 16.2 Å². The number of aromatic nitrogens is 3. The van der Waals surface area contributed by atoms with Gasteiger partial charge < -0.3 is 21.5 Å². The molecule has 4 aromatic rings. The number of carbonyl (C=O) groups is 2. The van der Waals surface area contributed by atoms with Crippen LogP contribution in [-0.4, -0.2) is 39.2 Å². The Morgan fingerprint density at radius 2 is 1.91 bits per heavy atom. The molecule has 0 aliphatic heterocycles. The van der Waals surface area contributed by atoms with E-state index in [1.54, 1.807) is 61.8 Å². The number of halogens is 1. The lowest BCUT2D eigenvalue weighted by molar-refractivity contribution is 0.101. The fourth-order valence-corrected chi connectivity index (χ4v) is 5.54. The van der Waals surface area contributed by atoms with Crippen LogP contribution in [0.25, 0.3) is 5.69 Å². The Kier molecular flexibility index (Phi) is 10.8. The summed E-state index contributed by atoms with van der Waals surface area (Å²) in [5, 5.41) is 7.23. The van der Waals surface area contributed by atoms with E-state index in [0.717, 1.165) is 37.7 Å². The average molecular weight is 640 g/mol. The van der Waals surface area contributed by atoms with Gasteiger partial charge in [-0.3, -0.25) is 9.78 Å². The normalized spacial score (nSPS) is 14.4. The highest BCUT2D eigenvalue weighted by atomic mass is 19.1. The molecule has 0 saturated heterocycles. The number of nitrogens with zero attached hydrogens (tertiary/aromatic N) is 4. The van der Waals surface area contributed by atoms with Gasteiger partial charge in [0.15, 0.2) is 0 Å². The maximum Gasteiger partial charge on any atom is 0.435 e. The number of amidine groups is 1. The van der Waals surface area contributed by atoms with Crippen molar-refractivity contribution >= 4 is 23.5 Å². The van der Waals surface area contributed by atoms with Crippen LogP contribution in [-0.2, 0) is 10.3 Å². The summed E-state index contributed by atoms with van der Waals surface area (Å²) in [6, 6.07) is 16.8. The molecule has 5 rings (SSSR count). The number of nitrogens with one attached hydrogen (secondary N) is 1. The van der Waals surface area contributed by atoms with Crippen molar-refractivity contribution in [1.82, 2.24) is 14.8 Å². The van der Waals surface area contributed by atoms with Crippen molar-refractivity contribution in [3.63, 3.8) is 0 Å². The molecule has 11 heteroatoms. The lowest BCUT2D eigenvalue weighted by atomic mass is 9.80. The van der Waals surface area contributed by atoms with Gasteiger partial charge in [0.25, 0.3) is 5.91 Å². The Morgan fingerprint density at radius 1 is 1.09 bits per heavy atom. The number of rotatable bonds is 14. The van der Waals surface area contributed by atoms with Gasteiger partial charge in [0.1, 0.15) is 17.3 Å². The van der Waals surface area contributed by atoms with Crippen molar-refractivity contribution in [2.24, 2.45) is 22.4 Å². The smallest absolute Gasteiger partial charge is 0.435 e. The Morgan fingerprint density at radius 3 is 2.66 bits per heavy atom. The van der Waals surface area contributed by atoms with E-state index >= 15 is 4.39 Å². The Hall–Kier alpha value is -4.90. The van der Waals surface area contributed by atoms with Gasteiger partial charge in [-0.05, 0) is 79.6 Å². The number of anilines is 1. The number of pyridine rings is 1. The Bertz CT molecular complexity index is 1740. The summed E-state index contributed by atoms with van der Waals surface area (Å²) in [7, 11) is 0. The van der Waals surface area contributed by atoms with Gasteiger partial charge in [-0.25, -0.2) is 13.9 Å². The molecule has 1 saturated carbocycles. The number of carbonyl (C=O) groups excluding carboxylic acids is 2. The molecular weight excluding hydrogens is 597 g/mol. The van der Waals surface area contributed by atoms with Gasteiger partial charge in [-0.1, -0.05) is 63.3 Å². The third-order valence-electron chi connectivity index (χ3n) is 8.44. The van der Waals surface area contributed by atoms with Gasteiger partial charge in [0.2, 0.25) is 0 Å². The molecule has 0 radical (unpaired) electrons. The first kappa shape index (κ1) is 33.5. The molecule has 1 fully saturated rings. The predicted molar refractivity (Wildman–Crippen MR) is 180 cm³/mol. The summed E-state index contributed by atoms with van der Waals surface area (Å²) in [6.07, 6.45) is 10.5. The molecule has 1 aliphatic carbocycles. The fraction of sp³-hybridized carbons (Fsp3) is 0.361. The summed E-state index contributed by atoms with van der Waals surface area (Å²) in [4.78, 5) is 34.0. The molecule has 1 unspecified atom stereocenters. The van der Waals surface area contributed by atoms with Gasteiger partial charge in [0.05, 0.1) is 29.2 Å². The molecule has 1 aliphatic rings. The maximum atomic E-state index is 15.2. The van der Waals surface area contributed by atoms with Gasteiger partial charge >= 0.3 is 6.09 Å². The van der Waals surface area contributed by atoms with E-state index < -0.39 is 23.4 Å². The second kappa shape index (κ2) is 15.1. The number of aryl methyl sites for hydroxylation is 1. The van der Waals surface area contributed by atoms with Crippen molar-refractivity contribution in [2.45, 2.75) is 70.8 Å². The van der Waals surface area contributed by atoms with Crippen molar-refractivity contribution in [3.05, 3.63) is 107 Å². The van der Waals surface area contributed by atoms with E-state index in [1.807, 2.05) is 12.1 Å². The summed E-state index contributed by atoms with van der Waals surface area (Å²) >= 11 is 0. The quantitative estimate of drug-likeness (QED) is 0.0782. The van der Waals surface area contributed by atoms with Crippen molar-refractivity contribution in [1.29, 1.82) is 0 Å². The first-order valence-electron chi connectivity index (χ1n) is 16.2. The minimum Gasteiger partial charge on any atom is -0.448 e. The van der Waals surface area contributed by atoms with Crippen LogP contribution in [0.1, 0.15) is 91.2 Å². The fourth-order valence-electron chi connectivity index (χ4n) is 5.54. The molecule has 2 amide bonds. The molecule has 0 spiro atoms. The van der Waals surface area contributed by atoms with Gasteiger partial charge in [-0.2, -0.15) is 10.1 Å². The van der Waals surface area contributed by atoms with E-state index in [-0.39, 0.29) is 23.8 Å². The van der Waals surface area contributed by atoms with E-state index in [2.05, 4.69) is 27.3 Å². The largest absolute Gasteiger partial charge is 0.448 e. The zero-order valence-electron chi connectivity index (χ0n) is 26.9. The van der Waals surface area contributed by atoms with Crippen molar-refractivity contribution < 1.29 is 18.7 Å². The zero-order valence-corrected chi connectivity index (χ0v) is 26.9. The molecule has 5 N–H and O–H groups in total. The third-order valence-corrected chi connectivity index (χ3v) is 8.44. The summed E-state index contributed by atoms with van der Waals surface area (Å²) in [5.41, 5.74) is 15.5. The predicted octanol–water partition coefficient (Wildman–Crippen LogP) is 6.78. The van der Waals surface area contributed by atoms with Crippen molar-refractivity contribution in [3.8, 4) is 5.69 Å². The number of ether oxygens (including phenoxy) is 1. The van der Waals surface area contributed by atoms with Crippen LogP contribution in [0.2, 0.25) is 0 Å². The number of amides is 2. The zero-order chi connectivity index (χ0) is 33.4. The second-order valence-corrected chi connectivity index (χ2v) is 12.1. The van der Waals surface area contributed by atoms with Gasteiger partial charge in [0, 0.05) is 18.0 Å². The molecule has 10 nitrogen and oxygen atoms in total. The summed E-state index contributed by atoms with van der Waals surface area (Å²) < 4.78 is 21.8.